The van der Waals surface area contributed by atoms with Crippen LogP contribution in [0.15, 0.2) is 28.6 Å². The van der Waals surface area contributed by atoms with E-state index in [-0.39, 0.29) is 5.91 Å². The topological polar surface area (TPSA) is 67.8 Å². The molecule has 0 spiro atoms. The zero-order valence-corrected chi connectivity index (χ0v) is 12.9. The first-order valence-electron chi connectivity index (χ1n) is 5.89. The highest BCUT2D eigenvalue weighted by Gasteiger charge is 2.14. The summed E-state index contributed by atoms with van der Waals surface area (Å²) in [5.41, 5.74) is 0.835. The molecule has 0 bridgehead atoms. The van der Waals surface area contributed by atoms with E-state index < -0.39 is 0 Å². The molecule has 0 fully saturated rings. The number of anilines is 1. The van der Waals surface area contributed by atoms with Gasteiger partial charge in [-0.2, -0.15) is 0 Å². The van der Waals surface area contributed by atoms with E-state index in [9.17, 15) is 4.79 Å². The second-order valence-electron chi connectivity index (χ2n) is 3.75. The average Bonchev–Trinajstić information content (AvgIpc) is 3.05. The summed E-state index contributed by atoms with van der Waals surface area (Å²) in [7, 11) is 0. The molecule has 2 aromatic heterocycles. The van der Waals surface area contributed by atoms with Crippen LogP contribution in [0.2, 0.25) is 0 Å². The summed E-state index contributed by atoms with van der Waals surface area (Å²) in [5.74, 6) is 0.691. The molecule has 3 aromatic rings. The van der Waals surface area contributed by atoms with Crippen molar-refractivity contribution in [3.8, 4) is 0 Å². The number of para-hydroxylation sites is 1. The van der Waals surface area contributed by atoms with E-state index in [1.807, 2.05) is 31.2 Å². The van der Waals surface area contributed by atoms with Gasteiger partial charge in [-0.05, 0) is 17.9 Å². The monoisotopic (exact) mass is 322 g/mol. The summed E-state index contributed by atoms with van der Waals surface area (Å²) >= 11 is 4.35. The first-order valence-corrected chi connectivity index (χ1v) is 8.51. The third kappa shape index (κ3) is 2.82. The Morgan fingerprint density at radius 1 is 1.30 bits per heavy atom. The lowest BCUT2D eigenvalue weighted by atomic mass is 10.3. The van der Waals surface area contributed by atoms with E-state index in [0.29, 0.717) is 10.1 Å². The largest absolute Gasteiger partial charge is 0.294 e. The summed E-state index contributed by atoms with van der Waals surface area (Å²) in [4.78, 5) is 16.4. The highest BCUT2D eigenvalue weighted by molar-refractivity contribution is 8.01. The van der Waals surface area contributed by atoms with Crippen molar-refractivity contribution in [2.45, 2.75) is 11.3 Å². The minimum atomic E-state index is -0.240. The van der Waals surface area contributed by atoms with Gasteiger partial charge in [-0.15, -0.1) is 21.5 Å². The minimum absolute atomic E-state index is 0.240. The molecule has 0 aliphatic heterocycles. The number of aromatic nitrogens is 3. The Labute approximate surface area is 127 Å². The summed E-state index contributed by atoms with van der Waals surface area (Å²) in [5, 5.41) is 11.6. The number of fused-ring (bicyclic) bond motifs is 1. The molecular formula is C12H10N4OS3. The Morgan fingerprint density at radius 3 is 2.95 bits per heavy atom. The van der Waals surface area contributed by atoms with E-state index in [2.05, 4.69) is 20.5 Å². The normalized spacial score (nSPS) is 10.8. The number of benzene rings is 1. The smallest absolute Gasteiger partial charge is 0.286 e. The molecule has 0 saturated carbocycles. The number of thioether (sulfide) groups is 1. The second kappa shape index (κ2) is 5.86. The van der Waals surface area contributed by atoms with Crippen molar-refractivity contribution < 1.29 is 4.79 Å². The molecule has 102 valence electrons. The molecule has 8 heteroatoms. The third-order valence-electron chi connectivity index (χ3n) is 2.38. The van der Waals surface area contributed by atoms with Crippen molar-refractivity contribution >= 4 is 55.7 Å². The van der Waals surface area contributed by atoms with Gasteiger partial charge in [0.2, 0.25) is 5.13 Å². The minimum Gasteiger partial charge on any atom is -0.294 e. The predicted octanol–water partition coefficient (Wildman–Crippen LogP) is 3.51. The van der Waals surface area contributed by atoms with E-state index >= 15 is 0 Å². The zero-order chi connectivity index (χ0) is 13.9. The van der Waals surface area contributed by atoms with Crippen molar-refractivity contribution in [2.75, 3.05) is 11.1 Å². The maximum absolute atomic E-state index is 12.1. The number of amides is 1. The Kier molecular flexibility index (Phi) is 3.95. The molecule has 3 rings (SSSR count). The lowest BCUT2D eigenvalue weighted by molar-refractivity contribution is 0.102. The Balaban J connectivity index is 1.77. The zero-order valence-electron chi connectivity index (χ0n) is 10.5. The molecule has 5 nitrogen and oxygen atoms in total. The van der Waals surface area contributed by atoms with Gasteiger partial charge in [-0.3, -0.25) is 10.1 Å². The van der Waals surface area contributed by atoms with Crippen LogP contribution >= 0.6 is 34.4 Å². The number of nitrogens with one attached hydrogen (secondary N) is 1. The van der Waals surface area contributed by atoms with Gasteiger partial charge in [0.05, 0.1) is 10.2 Å². The van der Waals surface area contributed by atoms with Crippen molar-refractivity contribution in [3.63, 3.8) is 0 Å². The summed E-state index contributed by atoms with van der Waals surface area (Å²) < 4.78 is 1.85. The molecular weight excluding hydrogens is 312 g/mol. The Morgan fingerprint density at radius 2 is 2.15 bits per heavy atom. The van der Waals surface area contributed by atoms with E-state index in [0.717, 1.165) is 20.3 Å². The lowest BCUT2D eigenvalue weighted by Gasteiger charge is -1.95. The van der Waals surface area contributed by atoms with E-state index in [4.69, 9.17) is 0 Å². The standard InChI is InChI=1S/C12H10N4OS3/c1-2-18-12-16-15-11(20-12)14-9(17)10-13-7-5-3-4-6-8(7)19-10/h3-6H,2H2,1H3,(H,14,15,17). The van der Waals surface area contributed by atoms with E-state index in [1.165, 1.54) is 22.7 Å². The quantitative estimate of drug-likeness (QED) is 0.588. The average molecular weight is 322 g/mol. The molecule has 0 aliphatic carbocycles. The first-order chi connectivity index (χ1) is 9.76. The number of carbonyl (C=O) groups is 1. The highest BCUT2D eigenvalue weighted by atomic mass is 32.2. The van der Waals surface area contributed by atoms with Crippen molar-refractivity contribution in [1.82, 2.24) is 15.2 Å². The van der Waals surface area contributed by atoms with Crippen LogP contribution in [0.4, 0.5) is 5.13 Å². The van der Waals surface area contributed by atoms with Gasteiger partial charge in [0, 0.05) is 0 Å². The maximum Gasteiger partial charge on any atom is 0.286 e. The number of rotatable bonds is 4. The van der Waals surface area contributed by atoms with Gasteiger partial charge in [0.25, 0.3) is 5.91 Å². The molecule has 0 atom stereocenters. The molecule has 1 amide bonds. The fourth-order valence-corrected chi connectivity index (χ4v) is 4.07. The van der Waals surface area contributed by atoms with Crippen LogP contribution in [0.3, 0.4) is 0 Å². The second-order valence-corrected chi connectivity index (χ2v) is 7.27. The van der Waals surface area contributed by atoms with E-state index in [1.54, 1.807) is 11.8 Å². The molecule has 1 N–H and O–H groups in total. The van der Waals surface area contributed by atoms with Gasteiger partial charge in [-0.1, -0.05) is 42.2 Å². The molecule has 20 heavy (non-hydrogen) atoms. The van der Waals surface area contributed by atoms with Gasteiger partial charge in [0.15, 0.2) is 9.35 Å². The fourth-order valence-electron chi connectivity index (χ4n) is 1.56. The molecule has 0 radical (unpaired) electrons. The van der Waals surface area contributed by atoms with Gasteiger partial charge >= 0.3 is 0 Å². The van der Waals surface area contributed by atoms with Gasteiger partial charge in [0.1, 0.15) is 0 Å². The number of thiazole rings is 1. The Hall–Kier alpha value is -1.51. The summed E-state index contributed by atoms with van der Waals surface area (Å²) in [6.45, 7) is 2.05. The number of hydrogen-bond acceptors (Lipinski definition) is 7. The molecule has 0 unspecified atom stereocenters. The van der Waals surface area contributed by atoms with Crippen LogP contribution in [-0.2, 0) is 0 Å². The maximum atomic E-state index is 12.1. The van der Waals surface area contributed by atoms with Crippen LogP contribution < -0.4 is 5.32 Å². The number of hydrogen-bond donors (Lipinski definition) is 1. The number of nitrogens with zero attached hydrogens (tertiary/aromatic N) is 3. The first kappa shape index (κ1) is 13.5. The van der Waals surface area contributed by atoms with Crippen molar-refractivity contribution in [1.29, 1.82) is 0 Å². The lowest BCUT2D eigenvalue weighted by Crippen LogP contribution is -2.11. The molecule has 0 saturated heterocycles. The van der Waals surface area contributed by atoms with Gasteiger partial charge < -0.3 is 0 Å². The van der Waals surface area contributed by atoms with Crippen molar-refractivity contribution in [2.24, 2.45) is 0 Å². The molecule has 2 heterocycles. The summed E-state index contributed by atoms with van der Waals surface area (Å²) in [6.07, 6.45) is 0. The van der Waals surface area contributed by atoms with Crippen LogP contribution in [0.25, 0.3) is 10.2 Å². The third-order valence-corrected chi connectivity index (χ3v) is 5.27. The number of carbonyl (C=O) groups excluding carboxylic acids is 1. The molecule has 1 aromatic carbocycles. The molecule has 0 aliphatic rings. The Bertz CT molecular complexity index is 719. The predicted molar refractivity (Wildman–Crippen MR) is 83.9 cm³/mol. The highest BCUT2D eigenvalue weighted by Crippen LogP contribution is 2.26. The van der Waals surface area contributed by atoms with Crippen LogP contribution in [0.1, 0.15) is 16.7 Å². The van der Waals surface area contributed by atoms with Crippen molar-refractivity contribution in [3.05, 3.63) is 29.3 Å². The van der Waals surface area contributed by atoms with Crippen LogP contribution in [0.5, 0.6) is 0 Å². The fraction of sp³-hybridized carbons (Fsp3) is 0.167. The van der Waals surface area contributed by atoms with Gasteiger partial charge in [-0.25, -0.2) is 4.98 Å². The SMILES string of the molecule is CCSc1nnc(NC(=O)c2nc3ccccc3s2)s1. The van der Waals surface area contributed by atoms with Crippen LogP contribution in [0, 0.1) is 0 Å². The summed E-state index contributed by atoms with van der Waals surface area (Å²) in [6, 6.07) is 7.68. The van der Waals surface area contributed by atoms with Crippen LogP contribution in [-0.4, -0.2) is 26.8 Å².